The van der Waals surface area contributed by atoms with E-state index in [1.165, 1.54) is 0 Å². The van der Waals surface area contributed by atoms with Crippen LogP contribution in [-0.4, -0.2) is 5.78 Å². The average molecular weight is 340 g/mol. The molecule has 2 nitrogen and oxygen atoms in total. The minimum atomic E-state index is 0.149. The molecule has 0 N–H and O–H groups in total. The number of ketones is 1. The summed E-state index contributed by atoms with van der Waals surface area (Å²) >= 11 is 0. The molecule has 3 aromatic carbocycles. The molecule has 128 valence electrons. The van der Waals surface area contributed by atoms with Crippen LogP contribution in [0.3, 0.4) is 0 Å². The maximum Gasteiger partial charge on any atom is 0.189 e. The van der Waals surface area contributed by atoms with Gasteiger partial charge in [-0.3, -0.25) is 4.79 Å². The van der Waals surface area contributed by atoms with E-state index >= 15 is 0 Å². The van der Waals surface area contributed by atoms with Gasteiger partial charge in [0.05, 0.1) is 0 Å². The molecule has 0 unspecified atom stereocenters. The summed E-state index contributed by atoms with van der Waals surface area (Å²) < 4.78 is 5.82. The second-order valence-corrected chi connectivity index (χ2v) is 6.50. The summed E-state index contributed by atoms with van der Waals surface area (Å²) in [6, 6.07) is 25.9. The Hall–Kier alpha value is -3.13. The molecule has 0 radical (unpaired) electrons. The van der Waals surface area contributed by atoms with Crippen molar-refractivity contribution in [2.24, 2.45) is 0 Å². The highest BCUT2D eigenvalue weighted by Gasteiger charge is 2.20. The molecule has 0 saturated carbocycles. The fourth-order valence-corrected chi connectivity index (χ4v) is 3.26. The van der Waals surface area contributed by atoms with Gasteiger partial charge in [0.2, 0.25) is 0 Å². The van der Waals surface area contributed by atoms with Crippen molar-refractivity contribution in [2.45, 2.75) is 19.4 Å². The van der Waals surface area contributed by atoms with E-state index in [1.807, 2.05) is 84.9 Å². The van der Waals surface area contributed by atoms with Crippen molar-refractivity contribution in [3.8, 4) is 5.75 Å². The number of hydrogen-bond acceptors (Lipinski definition) is 2. The lowest BCUT2D eigenvalue weighted by atomic mass is 9.86. The zero-order valence-corrected chi connectivity index (χ0v) is 14.5. The highest BCUT2D eigenvalue weighted by Crippen LogP contribution is 2.27. The molecule has 0 amide bonds. The number of aryl methyl sites for hydroxylation is 1. The van der Waals surface area contributed by atoms with Crippen LogP contribution in [0.2, 0.25) is 0 Å². The number of Topliss-reactive ketones (excluding diaryl/α,β-unsaturated/α-hetero) is 1. The minimum Gasteiger partial charge on any atom is -0.489 e. The fourth-order valence-electron chi connectivity index (χ4n) is 3.26. The summed E-state index contributed by atoms with van der Waals surface area (Å²) in [5, 5.41) is 0. The van der Waals surface area contributed by atoms with E-state index in [2.05, 4.69) is 0 Å². The topological polar surface area (TPSA) is 26.3 Å². The quantitative estimate of drug-likeness (QED) is 0.588. The molecule has 0 fully saturated rings. The van der Waals surface area contributed by atoms with Gasteiger partial charge < -0.3 is 4.74 Å². The van der Waals surface area contributed by atoms with Crippen molar-refractivity contribution >= 4 is 11.9 Å². The van der Waals surface area contributed by atoms with Crippen LogP contribution in [-0.2, 0) is 13.0 Å². The zero-order valence-electron chi connectivity index (χ0n) is 14.5. The average Bonchev–Trinajstić information content (AvgIpc) is 2.70. The van der Waals surface area contributed by atoms with E-state index in [0.29, 0.717) is 6.61 Å². The summed E-state index contributed by atoms with van der Waals surface area (Å²) in [6.45, 7) is 0.552. The number of rotatable bonds is 4. The first-order valence-corrected chi connectivity index (χ1v) is 8.89. The Morgan fingerprint density at radius 2 is 1.54 bits per heavy atom. The van der Waals surface area contributed by atoms with Crippen molar-refractivity contribution in [2.75, 3.05) is 0 Å². The molecule has 0 aliphatic heterocycles. The molecule has 0 aromatic heterocycles. The van der Waals surface area contributed by atoms with Gasteiger partial charge in [-0.2, -0.15) is 0 Å². The Morgan fingerprint density at radius 3 is 2.35 bits per heavy atom. The molecule has 2 heteroatoms. The minimum absolute atomic E-state index is 0.149. The van der Waals surface area contributed by atoms with Crippen LogP contribution < -0.4 is 4.74 Å². The Bertz CT molecular complexity index is 937. The van der Waals surface area contributed by atoms with Gasteiger partial charge >= 0.3 is 0 Å². The number of carbonyl (C=O) groups excluding carboxylic acids is 1. The van der Waals surface area contributed by atoms with E-state index in [1.54, 1.807) is 0 Å². The van der Waals surface area contributed by atoms with E-state index < -0.39 is 0 Å². The van der Waals surface area contributed by atoms with E-state index in [9.17, 15) is 4.79 Å². The smallest absolute Gasteiger partial charge is 0.189 e. The summed E-state index contributed by atoms with van der Waals surface area (Å²) in [4.78, 5) is 12.7. The van der Waals surface area contributed by atoms with Gasteiger partial charge in [-0.25, -0.2) is 0 Å². The van der Waals surface area contributed by atoms with Gasteiger partial charge in [-0.1, -0.05) is 66.7 Å². The molecule has 0 heterocycles. The van der Waals surface area contributed by atoms with Crippen LogP contribution in [0.5, 0.6) is 5.75 Å². The number of allylic oxidation sites excluding steroid dienone is 1. The number of fused-ring (bicyclic) bond motifs is 1. The largest absolute Gasteiger partial charge is 0.489 e. The SMILES string of the molecule is O=C1/C(=C/c2ccc(OCc3ccccc3)cc2)CCc2ccccc21. The molecule has 0 bridgehead atoms. The van der Waals surface area contributed by atoms with Crippen molar-refractivity contribution in [1.82, 2.24) is 0 Å². The standard InChI is InChI=1S/C24H20O2/c25-24-21(13-12-20-8-4-5-9-23(20)24)16-18-10-14-22(15-11-18)26-17-19-6-2-1-3-7-19/h1-11,14-16H,12-13,17H2/b21-16+. The summed E-state index contributed by atoms with van der Waals surface area (Å²) in [6.07, 6.45) is 3.72. The van der Waals surface area contributed by atoms with E-state index in [-0.39, 0.29) is 5.78 Å². The van der Waals surface area contributed by atoms with Crippen molar-refractivity contribution in [3.63, 3.8) is 0 Å². The first-order valence-electron chi connectivity index (χ1n) is 8.89. The fraction of sp³-hybridized carbons (Fsp3) is 0.125. The van der Waals surface area contributed by atoms with Crippen LogP contribution >= 0.6 is 0 Å². The van der Waals surface area contributed by atoms with Gasteiger partial charge in [0, 0.05) is 11.1 Å². The Labute approximate surface area is 153 Å². The van der Waals surface area contributed by atoms with Crippen LogP contribution in [0.1, 0.15) is 33.5 Å². The second-order valence-electron chi connectivity index (χ2n) is 6.50. The predicted octanol–water partition coefficient (Wildman–Crippen LogP) is 5.48. The lowest BCUT2D eigenvalue weighted by Gasteiger charge is -2.17. The third-order valence-electron chi connectivity index (χ3n) is 4.69. The van der Waals surface area contributed by atoms with Crippen LogP contribution in [0, 0.1) is 0 Å². The molecule has 26 heavy (non-hydrogen) atoms. The van der Waals surface area contributed by atoms with E-state index in [0.717, 1.165) is 46.4 Å². The maximum absolute atomic E-state index is 12.7. The molecule has 0 saturated heterocycles. The van der Waals surface area contributed by atoms with Crippen molar-refractivity contribution < 1.29 is 9.53 Å². The lowest BCUT2D eigenvalue weighted by molar-refractivity contribution is 0.102. The second kappa shape index (κ2) is 7.40. The number of ether oxygens (including phenoxy) is 1. The monoisotopic (exact) mass is 340 g/mol. The highest BCUT2D eigenvalue weighted by molar-refractivity contribution is 6.13. The summed E-state index contributed by atoms with van der Waals surface area (Å²) in [5.74, 6) is 0.979. The Kier molecular flexibility index (Phi) is 4.65. The number of benzene rings is 3. The molecular formula is C24H20O2. The molecule has 3 aromatic rings. The molecule has 0 atom stereocenters. The zero-order chi connectivity index (χ0) is 17.8. The third-order valence-corrected chi connectivity index (χ3v) is 4.69. The third kappa shape index (κ3) is 3.60. The molecule has 1 aliphatic rings. The normalized spacial score (nSPS) is 14.9. The van der Waals surface area contributed by atoms with Gasteiger partial charge in [-0.15, -0.1) is 0 Å². The van der Waals surface area contributed by atoms with Crippen molar-refractivity contribution in [1.29, 1.82) is 0 Å². The molecule has 4 rings (SSSR count). The molecule has 1 aliphatic carbocycles. The van der Waals surface area contributed by atoms with Crippen LogP contribution in [0.4, 0.5) is 0 Å². The maximum atomic E-state index is 12.7. The van der Waals surface area contributed by atoms with Gasteiger partial charge in [0.1, 0.15) is 12.4 Å². The Morgan fingerprint density at radius 1 is 0.808 bits per heavy atom. The van der Waals surface area contributed by atoms with Gasteiger partial charge in [-0.05, 0) is 47.7 Å². The highest BCUT2D eigenvalue weighted by atomic mass is 16.5. The van der Waals surface area contributed by atoms with Gasteiger partial charge in [0.15, 0.2) is 5.78 Å². The number of carbonyl (C=O) groups is 1. The first kappa shape index (κ1) is 16.3. The number of hydrogen-bond donors (Lipinski definition) is 0. The summed E-state index contributed by atoms with van der Waals surface area (Å²) in [5.41, 5.74) is 5.04. The molecular weight excluding hydrogens is 320 g/mol. The first-order chi connectivity index (χ1) is 12.8. The summed E-state index contributed by atoms with van der Waals surface area (Å²) in [7, 11) is 0. The predicted molar refractivity (Wildman–Crippen MR) is 104 cm³/mol. The van der Waals surface area contributed by atoms with Crippen molar-refractivity contribution in [3.05, 3.63) is 107 Å². The lowest BCUT2D eigenvalue weighted by Crippen LogP contribution is -2.13. The Balaban J connectivity index is 1.46. The van der Waals surface area contributed by atoms with E-state index in [4.69, 9.17) is 4.74 Å². The van der Waals surface area contributed by atoms with Crippen LogP contribution in [0.25, 0.3) is 6.08 Å². The van der Waals surface area contributed by atoms with Gasteiger partial charge in [0.25, 0.3) is 0 Å². The molecule has 0 spiro atoms. The van der Waals surface area contributed by atoms with Crippen LogP contribution in [0.15, 0.2) is 84.4 Å².